The van der Waals surface area contributed by atoms with Crippen molar-refractivity contribution in [2.75, 3.05) is 33.7 Å². The van der Waals surface area contributed by atoms with Gasteiger partial charge in [0.2, 0.25) is 0 Å². The third-order valence-electron chi connectivity index (χ3n) is 8.28. The topological polar surface area (TPSA) is 67.6 Å². The van der Waals surface area contributed by atoms with Crippen molar-refractivity contribution in [3.8, 4) is 6.07 Å². The number of hydrogen-bond donors (Lipinski definition) is 0. The number of benzene rings is 1. The number of Topliss-reactive ketones (excluding diaryl/α,β-unsaturated/α-hetero) is 1. The summed E-state index contributed by atoms with van der Waals surface area (Å²) in [6, 6.07) is 12.8. The number of hydrogen-bond acceptors (Lipinski definition) is 4. The Balaban J connectivity index is 1.55. The summed E-state index contributed by atoms with van der Waals surface area (Å²) >= 11 is 0. The zero-order chi connectivity index (χ0) is 22.8. The van der Waals surface area contributed by atoms with Crippen molar-refractivity contribution in [1.29, 1.82) is 5.26 Å². The quantitative estimate of drug-likeness (QED) is 0.613. The standard InChI is InChI=1S/C26H36N4O2/c1-28(2)26(22-10-4-3-5-11-22)15-13-25(14-16-26)20-29(19-23(31)12-7-17-27)24(32)30(25)18-21-8-6-9-21/h3-5,10-11,21H,6-9,12-16,18-20H2,1-2H3. The van der Waals surface area contributed by atoms with Crippen molar-refractivity contribution in [3.63, 3.8) is 0 Å². The molecule has 1 heterocycles. The van der Waals surface area contributed by atoms with E-state index in [-0.39, 0.29) is 42.3 Å². The zero-order valence-electron chi connectivity index (χ0n) is 19.6. The highest BCUT2D eigenvalue weighted by atomic mass is 16.2. The molecule has 6 heteroatoms. The Morgan fingerprint density at radius 3 is 2.41 bits per heavy atom. The van der Waals surface area contributed by atoms with E-state index in [4.69, 9.17) is 5.26 Å². The summed E-state index contributed by atoms with van der Waals surface area (Å²) in [5.41, 5.74) is 1.14. The summed E-state index contributed by atoms with van der Waals surface area (Å²) in [5.74, 6) is 0.586. The second-order valence-corrected chi connectivity index (χ2v) is 10.3. The molecule has 1 spiro atoms. The van der Waals surface area contributed by atoms with Gasteiger partial charge in [0.15, 0.2) is 5.78 Å². The van der Waals surface area contributed by atoms with Crippen LogP contribution in [-0.2, 0) is 10.3 Å². The predicted molar refractivity (Wildman–Crippen MR) is 124 cm³/mol. The van der Waals surface area contributed by atoms with Crippen LogP contribution in [0.2, 0.25) is 0 Å². The highest BCUT2D eigenvalue weighted by molar-refractivity contribution is 5.87. The van der Waals surface area contributed by atoms with Crippen LogP contribution in [0.5, 0.6) is 0 Å². The first-order valence-corrected chi connectivity index (χ1v) is 12.1. The van der Waals surface area contributed by atoms with Gasteiger partial charge in [0, 0.05) is 31.5 Å². The molecule has 2 aliphatic carbocycles. The number of nitrogens with zero attached hydrogens (tertiary/aromatic N) is 4. The van der Waals surface area contributed by atoms with Gasteiger partial charge in [-0.15, -0.1) is 0 Å². The molecule has 0 bridgehead atoms. The number of rotatable bonds is 8. The number of carbonyl (C=O) groups excluding carboxylic acids is 2. The van der Waals surface area contributed by atoms with Crippen LogP contribution in [0.25, 0.3) is 0 Å². The minimum Gasteiger partial charge on any atom is -0.317 e. The van der Waals surface area contributed by atoms with Gasteiger partial charge in [0.1, 0.15) is 0 Å². The van der Waals surface area contributed by atoms with E-state index in [1.165, 1.54) is 24.8 Å². The molecule has 6 nitrogen and oxygen atoms in total. The van der Waals surface area contributed by atoms with Crippen molar-refractivity contribution in [1.82, 2.24) is 14.7 Å². The van der Waals surface area contributed by atoms with Gasteiger partial charge < -0.3 is 9.80 Å². The van der Waals surface area contributed by atoms with Gasteiger partial charge in [-0.3, -0.25) is 9.69 Å². The number of amides is 2. The smallest absolute Gasteiger partial charge is 0.317 e. The number of urea groups is 1. The number of carbonyl (C=O) groups is 2. The van der Waals surface area contributed by atoms with E-state index in [9.17, 15) is 9.59 Å². The van der Waals surface area contributed by atoms with Gasteiger partial charge in [0.25, 0.3) is 0 Å². The molecule has 0 aromatic heterocycles. The monoisotopic (exact) mass is 436 g/mol. The van der Waals surface area contributed by atoms with Crippen LogP contribution in [0.15, 0.2) is 30.3 Å². The van der Waals surface area contributed by atoms with Crippen LogP contribution in [0.3, 0.4) is 0 Å². The summed E-state index contributed by atoms with van der Waals surface area (Å²) in [6.45, 7) is 1.60. The lowest BCUT2D eigenvalue weighted by molar-refractivity contribution is -0.119. The molecule has 1 saturated heterocycles. The molecule has 1 aromatic rings. The Morgan fingerprint density at radius 2 is 1.84 bits per heavy atom. The van der Waals surface area contributed by atoms with E-state index >= 15 is 0 Å². The summed E-state index contributed by atoms with van der Waals surface area (Å²) in [4.78, 5) is 32.1. The van der Waals surface area contributed by atoms with Gasteiger partial charge in [-0.1, -0.05) is 36.8 Å². The minimum atomic E-state index is -0.184. The Morgan fingerprint density at radius 1 is 1.16 bits per heavy atom. The molecule has 0 atom stereocenters. The van der Waals surface area contributed by atoms with Crippen LogP contribution >= 0.6 is 0 Å². The lowest BCUT2D eigenvalue weighted by atomic mass is 9.68. The van der Waals surface area contributed by atoms with Gasteiger partial charge >= 0.3 is 6.03 Å². The lowest BCUT2D eigenvalue weighted by Crippen LogP contribution is -2.56. The molecule has 2 saturated carbocycles. The summed E-state index contributed by atoms with van der Waals surface area (Å²) < 4.78 is 0. The molecule has 1 aromatic carbocycles. The maximum absolute atomic E-state index is 13.5. The molecular weight excluding hydrogens is 400 g/mol. The predicted octanol–water partition coefficient (Wildman–Crippen LogP) is 4.17. The molecule has 4 rings (SSSR count). The van der Waals surface area contributed by atoms with E-state index in [2.05, 4.69) is 54.2 Å². The van der Waals surface area contributed by atoms with E-state index < -0.39 is 0 Å². The molecule has 0 radical (unpaired) electrons. The number of ketones is 1. The number of nitriles is 1. The summed E-state index contributed by atoms with van der Waals surface area (Å²) in [6.07, 6.45) is 7.99. The first kappa shape index (κ1) is 22.8. The Hall–Kier alpha value is -2.39. The third-order valence-corrected chi connectivity index (χ3v) is 8.28. The first-order valence-electron chi connectivity index (χ1n) is 12.1. The molecule has 3 fully saturated rings. The molecular formula is C26H36N4O2. The molecule has 172 valence electrons. The zero-order valence-corrected chi connectivity index (χ0v) is 19.6. The summed E-state index contributed by atoms with van der Waals surface area (Å²) in [7, 11) is 4.33. The van der Waals surface area contributed by atoms with Crippen molar-refractivity contribution in [2.24, 2.45) is 5.92 Å². The van der Waals surface area contributed by atoms with Crippen molar-refractivity contribution < 1.29 is 9.59 Å². The maximum Gasteiger partial charge on any atom is 0.321 e. The minimum absolute atomic E-state index is 0.0109. The molecule has 1 aliphatic heterocycles. The van der Waals surface area contributed by atoms with Crippen molar-refractivity contribution in [2.45, 2.75) is 68.9 Å². The highest BCUT2D eigenvalue weighted by Crippen LogP contribution is 2.49. The fraction of sp³-hybridized carbons (Fsp3) is 0.654. The summed E-state index contributed by atoms with van der Waals surface area (Å²) in [5, 5.41) is 8.79. The molecule has 2 amide bonds. The van der Waals surface area contributed by atoms with Gasteiger partial charge in [0.05, 0.1) is 18.2 Å². The van der Waals surface area contributed by atoms with E-state index in [1.807, 2.05) is 6.07 Å². The van der Waals surface area contributed by atoms with Gasteiger partial charge in [-0.25, -0.2) is 4.79 Å². The van der Waals surface area contributed by atoms with E-state index in [0.717, 1.165) is 32.2 Å². The average Bonchev–Trinajstić information content (AvgIpc) is 3.00. The van der Waals surface area contributed by atoms with Crippen LogP contribution in [-0.4, -0.2) is 65.8 Å². The normalized spacial score (nSPS) is 28.2. The van der Waals surface area contributed by atoms with Gasteiger partial charge in [-0.2, -0.15) is 5.26 Å². The first-order chi connectivity index (χ1) is 15.4. The average molecular weight is 437 g/mol. The van der Waals surface area contributed by atoms with Gasteiger partial charge in [-0.05, 0) is 64.1 Å². The molecule has 3 aliphatic rings. The van der Waals surface area contributed by atoms with E-state index in [0.29, 0.717) is 12.5 Å². The molecule has 0 unspecified atom stereocenters. The second-order valence-electron chi connectivity index (χ2n) is 10.3. The Kier molecular flexibility index (Phi) is 6.57. The van der Waals surface area contributed by atoms with Crippen LogP contribution in [0.1, 0.15) is 63.4 Å². The van der Waals surface area contributed by atoms with Crippen LogP contribution in [0.4, 0.5) is 4.79 Å². The van der Waals surface area contributed by atoms with Crippen molar-refractivity contribution >= 4 is 11.8 Å². The Bertz CT molecular complexity index is 864. The lowest BCUT2D eigenvalue weighted by Gasteiger charge is -2.51. The fourth-order valence-electron chi connectivity index (χ4n) is 6.00. The Labute approximate surface area is 192 Å². The highest BCUT2D eigenvalue weighted by Gasteiger charge is 2.55. The molecule has 0 N–H and O–H groups in total. The SMILES string of the molecule is CN(C)C1(c2ccccc2)CCC2(CC1)CN(CC(=O)CCC#N)C(=O)N2CC1CCC1. The second kappa shape index (κ2) is 9.23. The van der Waals surface area contributed by atoms with Crippen LogP contribution in [0, 0.1) is 17.2 Å². The maximum atomic E-state index is 13.5. The van der Waals surface area contributed by atoms with E-state index in [1.54, 1.807) is 4.90 Å². The molecule has 32 heavy (non-hydrogen) atoms. The largest absolute Gasteiger partial charge is 0.321 e. The van der Waals surface area contributed by atoms with Crippen LogP contribution < -0.4 is 0 Å². The third kappa shape index (κ3) is 4.15. The van der Waals surface area contributed by atoms with Crippen molar-refractivity contribution in [3.05, 3.63) is 35.9 Å². The fourth-order valence-corrected chi connectivity index (χ4v) is 6.00.